The van der Waals surface area contributed by atoms with E-state index in [-0.39, 0.29) is 18.4 Å². The van der Waals surface area contributed by atoms with Crippen LogP contribution in [0.5, 0.6) is 5.75 Å². The summed E-state index contributed by atoms with van der Waals surface area (Å²) in [6, 6.07) is 5.45. The fourth-order valence-electron chi connectivity index (χ4n) is 2.98. The van der Waals surface area contributed by atoms with Crippen LogP contribution in [0.4, 0.5) is 5.69 Å². The molecule has 2 heterocycles. The molecule has 0 aliphatic carbocycles. The van der Waals surface area contributed by atoms with Crippen molar-refractivity contribution in [1.82, 2.24) is 4.90 Å². The van der Waals surface area contributed by atoms with E-state index in [4.69, 9.17) is 9.84 Å². The molecule has 2 atom stereocenters. The van der Waals surface area contributed by atoms with E-state index in [9.17, 15) is 14.7 Å². The van der Waals surface area contributed by atoms with Gasteiger partial charge in [-0.15, -0.1) is 0 Å². The lowest BCUT2D eigenvalue weighted by atomic mass is 10.0. The minimum absolute atomic E-state index is 0.0162. The molecule has 23 heavy (non-hydrogen) atoms. The molecular formula is C16H20N2O5. The summed E-state index contributed by atoms with van der Waals surface area (Å²) in [5.74, 6) is 0.278. The normalized spacial score (nSPS) is 23.9. The van der Waals surface area contributed by atoms with Crippen LogP contribution in [0, 0.1) is 0 Å². The number of ether oxygens (including phenoxy) is 1. The van der Waals surface area contributed by atoms with Gasteiger partial charge in [0, 0.05) is 25.1 Å². The molecule has 0 aromatic heterocycles. The molecule has 2 aliphatic heterocycles. The quantitative estimate of drug-likeness (QED) is 0.722. The van der Waals surface area contributed by atoms with Crippen LogP contribution in [0.2, 0.25) is 0 Å². The van der Waals surface area contributed by atoms with Gasteiger partial charge in [0.2, 0.25) is 11.8 Å². The number of aryl methyl sites for hydroxylation is 1. The van der Waals surface area contributed by atoms with Crippen molar-refractivity contribution in [3.8, 4) is 5.75 Å². The number of β-amino-alcohol motifs (C(OH)–C–C–N with tert-alkyl or cyclic N) is 1. The van der Waals surface area contributed by atoms with E-state index in [1.165, 1.54) is 4.90 Å². The van der Waals surface area contributed by atoms with Crippen molar-refractivity contribution in [3.63, 3.8) is 0 Å². The smallest absolute Gasteiger partial charge is 0.248 e. The number of nitrogens with one attached hydrogen (secondary N) is 1. The van der Waals surface area contributed by atoms with Crippen LogP contribution in [0.15, 0.2) is 18.2 Å². The summed E-state index contributed by atoms with van der Waals surface area (Å²) in [6.45, 7) is 0.0575. The third kappa shape index (κ3) is 3.46. The van der Waals surface area contributed by atoms with Crippen molar-refractivity contribution in [1.29, 1.82) is 0 Å². The monoisotopic (exact) mass is 320 g/mol. The Morgan fingerprint density at radius 3 is 2.96 bits per heavy atom. The highest BCUT2D eigenvalue weighted by atomic mass is 16.5. The van der Waals surface area contributed by atoms with Gasteiger partial charge >= 0.3 is 0 Å². The van der Waals surface area contributed by atoms with Crippen LogP contribution in [-0.4, -0.2) is 58.8 Å². The number of fused-ring (bicyclic) bond motifs is 1. The molecule has 0 spiro atoms. The Kier molecular flexibility index (Phi) is 4.49. The van der Waals surface area contributed by atoms with E-state index >= 15 is 0 Å². The Labute approximate surface area is 133 Å². The van der Waals surface area contributed by atoms with E-state index < -0.39 is 18.8 Å². The molecule has 0 radical (unpaired) electrons. The number of hydrogen-bond acceptors (Lipinski definition) is 5. The van der Waals surface area contributed by atoms with Crippen LogP contribution in [0.25, 0.3) is 0 Å². The standard InChI is InChI=1S/C16H20N2O5/c19-9-16(22)18-6-5-14(13(20)8-18)23-11-2-3-12-10(7-11)1-4-15(21)17-12/h2-3,7,13-14,19-20H,1,4-6,8-9H2,(H,17,21)/t13-,14-/m1/s1. The third-order valence-corrected chi connectivity index (χ3v) is 4.27. The average molecular weight is 320 g/mol. The Morgan fingerprint density at radius 1 is 1.39 bits per heavy atom. The van der Waals surface area contributed by atoms with Gasteiger partial charge in [-0.1, -0.05) is 0 Å². The summed E-state index contributed by atoms with van der Waals surface area (Å²) in [6.07, 6.45) is 0.440. The second-order valence-electron chi connectivity index (χ2n) is 5.88. The number of piperidine rings is 1. The summed E-state index contributed by atoms with van der Waals surface area (Å²) in [5, 5.41) is 21.8. The zero-order chi connectivity index (χ0) is 16.4. The first-order valence-electron chi connectivity index (χ1n) is 7.73. The molecule has 7 heteroatoms. The summed E-state index contributed by atoms with van der Waals surface area (Å²) in [7, 11) is 0. The molecule has 0 unspecified atom stereocenters. The fourth-order valence-corrected chi connectivity index (χ4v) is 2.98. The van der Waals surface area contributed by atoms with Gasteiger partial charge in [0.1, 0.15) is 24.6 Å². The number of rotatable bonds is 3. The SMILES string of the molecule is O=C1CCc2cc(O[C@@H]3CCN(C(=O)CO)C[C@H]3O)ccc2N1. The molecule has 3 rings (SSSR count). The second-order valence-corrected chi connectivity index (χ2v) is 5.88. The van der Waals surface area contributed by atoms with Crippen molar-refractivity contribution in [3.05, 3.63) is 23.8 Å². The Hall–Kier alpha value is -2.12. The molecule has 1 aromatic carbocycles. The fraction of sp³-hybridized carbons (Fsp3) is 0.500. The zero-order valence-corrected chi connectivity index (χ0v) is 12.7. The second kappa shape index (κ2) is 6.55. The van der Waals surface area contributed by atoms with Crippen LogP contribution >= 0.6 is 0 Å². The molecule has 3 N–H and O–H groups in total. The molecule has 2 aliphatic rings. The number of nitrogens with zero attached hydrogens (tertiary/aromatic N) is 1. The zero-order valence-electron chi connectivity index (χ0n) is 12.7. The minimum Gasteiger partial charge on any atom is -0.488 e. The van der Waals surface area contributed by atoms with Crippen molar-refractivity contribution in [2.45, 2.75) is 31.5 Å². The van der Waals surface area contributed by atoms with Gasteiger partial charge in [0.15, 0.2) is 0 Å². The molecule has 1 saturated heterocycles. The molecule has 1 aromatic rings. The van der Waals surface area contributed by atoms with E-state index in [1.54, 1.807) is 12.1 Å². The first-order chi connectivity index (χ1) is 11.1. The van der Waals surface area contributed by atoms with E-state index in [1.807, 2.05) is 6.07 Å². The highest BCUT2D eigenvalue weighted by Crippen LogP contribution is 2.28. The highest BCUT2D eigenvalue weighted by Gasteiger charge is 2.31. The van der Waals surface area contributed by atoms with Crippen LogP contribution < -0.4 is 10.1 Å². The van der Waals surface area contributed by atoms with Crippen molar-refractivity contribution >= 4 is 17.5 Å². The van der Waals surface area contributed by atoms with Crippen LogP contribution in [0.3, 0.4) is 0 Å². The maximum absolute atomic E-state index is 11.5. The van der Waals surface area contributed by atoms with E-state index in [2.05, 4.69) is 5.32 Å². The van der Waals surface area contributed by atoms with Crippen molar-refractivity contribution < 1.29 is 24.5 Å². The third-order valence-electron chi connectivity index (χ3n) is 4.27. The predicted molar refractivity (Wildman–Crippen MR) is 82.1 cm³/mol. The summed E-state index contributed by atoms with van der Waals surface area (Å²) in [4.78, 5) is 24.2. The molecule has 0 saturated carbocycles. The highest BCUT2D eigenvalue weighted by molar-refractivity contribution is 5.94. The number of benzene rings is 1. The van der Waals surface area contributed by atoms with Crippen LogP contribution in [-0.2, 0) is 16.0 Å². The molecule has 1 fully saturated rings. The average Bonchev–Trinajstić information content (AvgIpc) is 2.56. The summed E-state index contributed by atoms with van der Waals surface area (Å²) < 4.78 is 5.86. The van der Waals surface area contributed by atoms with Gasteiger partial charge in [-0.25, -0.2) is 0 Å². The first-order valence-corrected chi connectivity index (χ1v) is 7.73. The minimum atomic E-state index is -0.796. The molecular weight excluding hydrogens is 300 g/mol. The Balaban J connectivity index is 1.64. The molecule has 0 bridgehead atoms. The van der Waals surface area contributed by atoms with Gasteiger partial charge in [-0.3, -0.25) is 9.59 Å². The number of anilines is 1. The number of likely N-dealkylation sites (tertiary alicyclic amines) is 1. The van der Waals surface area contributed by atoms with E-state index in [0.29, 0.717) is 31.6 Å². The largest absolute Gasteiger partial charge is 0.488 e. The Bertz CT molecular complexity index is 618. The number of carbonyl (C=O) groups excluding carboxylic acids is 2. The van der Waals surface area contributed by atoms with Gasteiger partial charge in [0.05, 0.1) is 6.54 Å². The number of hydrogen-bond donors (Lipinski definition) is 3. The lowest BCUT2D eigenvalue weighted by Crippen LogP contribution is -2.51. The number of carbonyl (C=O) groups is 2. The van der Waals surface area contributed by atoms with Gasteiger partial charge in [0.25, 0.3) is 0 Å². The van der Waals surface area contributed by atoms with Gasteiger partial charge in [-0.05, 0) is 30.2 Å². The summed E-state index contributed by atoms with van der Waals surface area (Å²) >= 11 is 0. The first kappa shape index (κ1) is 15.8. The lowest BCUT2D eigenvalue weighted by molar-refractivity contribution is -0.139. The topological polar surface area (TPSA) is 99.1 Å². The number of amides is 2. The Morgan fingerprint density at radius 2 is 2.22 bits per heavy atom. The molecule has 7 nitrogen and oxygen atoms in total. The maximum atomic E-state index is 11.5. The number of aliphatic hydroxyl groups excluding tert-OH is 2. The van der Waals surface area contributed by atoms with Crippen molar-refractivity contribution in [2.24, 2.45) is 0 Å². The lowest BCUT2D eigenvalue weighted by Gasteiger charge is -2.35. The maximum Gasteiger partial charge on any atom is 0.248 e. The van der Waals surface area contributed by atoms with E-state index in [0.717, 1.165) is 11.3 Å². The van der Waals surface area contributed by atoms with Crippen molar-refractivity contribution in [2.75, 3.05) is 25.0 Å². The van der Waals surface area contributed by atoms with Crippen LogP contribution in [0.1, 0.15) is 18.4 Å². The van der Waals surface area contributed by atoms with Gasteiger partial charge < -0.3 is 25.2 Å². The molecule has 2 amide bonds. The van der Waals surface area contributed by atoms with Gasteiger partial charge in [-0.2, -0.15) is 0 Å². The molecule has 124 valence electrons. The summed E-state index contributed by atoms with van der Waals surface area (Å²) in [5.41, 5.74) is 1.82. The predicted octanol–water partition coefficient (Wildman–Crippen LogP) is -0.0958. The number of aliphatic hydroxyl groups is 2.